The van der Waals surface area contributed by atoms with Gasteiger partial charge >= 0.3 is 0 Å². The summed E-state index contributed by atoms with van der Waals surface area (Å²) in [5, 5.41) is 1.28. The number of hydrogen-bond donors (Lipinski definition) is 0. The van der Waals surface area contributed by atoms with Gasteiger partial charge in [-0.1, -0.05) is 75.4 Å². The molecule has 1 heterocycles. The lowest BCUT2D eigenvalue weighted by Crippen LogP contribution is -2.41. The molecule has 0 amide bonds. The van der Waals surface area contributed by atoms with Gasteiger partial charge in [-0.25, -0.2) is 4.98 Å². The topological polar surface area (TPSA) is 31.4 Å². The molecule has 35 heavy (non-hydrogen) atoms. The van der Waals surface area contributed by atoms with Crippen LogP contribution in [0.25, 0.3) is 32.9 Å². The Balaban J connectivity index is 1.31. The number of thiazole rings is 1. The van der Waals surface area contributed by atoms with Crippen molar-refractivity contribution in [2.75, 3.05) is 13.2 Å². The Bertz CT molecular complexity index is 1300. The molecule has 0 radical (unpaired) electrons. The van der Waals surface area contributed by atoms with Gasteiger partial charge in [-0.15, -0.1) is 11.3 Å². The lowest BCUT2D eigenvalue weighted by atomic mass is 10.1. The molecular weight excluding hydrogens is 466 g/mol. The largest absolute Gasteiger partial charge is 0.491 e. The molecule has 0 saturated heterocycles. The van der Waals surface area contributed by atoms with E-state index in [9.17, 15) is 0 Å². The van der Waals surface area contributed by atoms with E-state index in [0.29, 0.717) is 13.2 Å². The van der Waals surface area contributed by atoms with Gasteiger partial charge in [-0.05, 0) is 66.0 Å². The highest BCUT2D eigenvalue weighted by molar-refractivity contribution is 7.21. The summed E-state index contributed by atoms with van der Waals surface area (Å²) in [6, 6.07) is 23.2. The number of fused-ring (bicyclic) bond motifs is 1. The van der Waals surface area contributed by atoms with Crippen LogP contribution >= 0.6 is 11.3 Å². The lowest BCUT2D eigenvalue weighted by molar-refractivity contribution is 0.203. The molecule has 0 atom stereocenters. The summed E-state index contributed by atoms with van der Waals surface area (Å²) in [5.41, 5.74) is 5.79. The summed E-state index contributed by atoms with van der Waals surface area (Å²) in [5.74, 6) is 0.872. The van der Waals surface area contributed by atoms with Crippen LogP contribution in [0.15, 0.2) is 66.7 Å². The van der Waals surface area contributed by atoms with Crippen molar-refractivity contribution in [3.8, 4) is 16.3 Å². The highest BCUT2D eigenvalue weighted by Crippen LogP contribution is 2.36. The molecule has 0 aliphatic heterocycles. The number of aromatic nitrogens is 1. The van der Waals surface area contributed by atoms with Crippen LogP contribution in [0.2, 0.25) is 18.1 Å². The number of benzene rings is 3. The second-order valence-electron chi connectivity index (χ2n) is 10.5. The molecule has 0 fully saturated rings. The molecule has 0 aliphatic carbocycles. The third-order valence-electron chi connectivity index (χ3n) is 6.67. The summed E-state index contributed by atoms with van der Waals surface area (Å²) < 4.78 is 13.3. The fourth-order valence-corrected chi connectivity index (χ4v) is 5.53. The second kappa shape index (κ2) is 10.5. The van der Waals surface area contributed by atoms with E-state index >= 15 is 0 Å². The van der Waals surface area contributed by atoms with Gasteiger partial charge < -0.3 is 9.16 Å². The first-order valence-electron chi connectivity index (χ1n) is 12.1. The maximum atomic E-state index is 6.18. The van der Waals surface area contributed by atoms with Gasteiger partial charge in [0.2, 0.25) is 0 Å². The molecular formula is C30H35NO2SSi. The Labute approximate surface area is 214 Å². The molecule has 5 heteroatoms. The standard InChI is InChI=1S/C30H35NO2SSi/c1-22-7-18-27-28(21-22)34-29(31-27)25-14-10-23(11-15-25)8-9-24-12-16-26(17-13-24)32-19-20-33-35(5,6)30(2,3)4/h7-18,21H,19-20H2,1-6H3/b9-8+. The zero-order valence-electron chi connectivity index (χ0n) is 21.6. The van der Waals surface area contributed by atoms with Crippen molar-refractivity contribution in [3.63, 3.8) is 0 Å². The molecule has 0 spiro atoms. The van der Waals surface area contributed by atoms with Crippen LogP contribution in [0, 0.1) is 6.92 Å². The van der Waals surface area contributed by atoms with Gasteiger partial charge in [0.25, 0.3) is 0 Å². The smallest absolute Gasteiger partial charge is 0.192 e. The number of hydrogen-bond acceptors (Lipinski definition) is 4. The molecule has 1 aromatic heterocycles. The molecule has 0 bridgehead atoms. The van der Waals surface area contributed by atoms with E-state index in [0.717, 1.165) is 33.0 Å². The van der Waals surface area contributed by atoms with E-state index in [1.807, 2.05) is 12.1 Å². The van der Waals surface area contributed by atoms with E-state index in [1.54, 1.807) is 11.3 Å². The molecule has 0 N–H and O–H groups in total. The molecule has 0 unspecified atom stereocenters. The third-order valence-corrected chi connectivity index (χ3v) is 12.3. The summed E-state index contributed by atoms with van der Waals surface area (Å²) in [7, 11) is -1.72. The first-order valence-corrected chi connectivity index (χ1v) is 15.9. The fraction of sp³-hybridized carbons (Fsp3) is 0.300. The Morgan fingerprint density at radius 3 is 2.11 bits per heavy atom. The average Bonchev–Trinajstić information content (AvgIpc) is 3.24. The van der Waals surface area contributed by atoms with Crippen LogP contribution in [-0.2, 0) is 4.43 Å². The zero-order chi connectivity index (χ0) is 25.1. The molecule has 3 nitrogen and oxygen atoms in total. The third kappa shape index (κ3) is 6.48. The van der Waals surface area contributed by atoms with Crippen molar-refractivity contribution in [1.29, 1.82) is 0 Å². The van der Waals surface area contributed by atoms with Crippen LogP contribution in [0.3, 0.4) is 0 Å². The summed E-state index contributed by atoms with van der Waals surface area (Å²) in [4.78, 5) is 4.79. The Morgan fingerprint density at radius 2 is 1.49 bits per heavy atom. The van der Waals surface area contributed by atoms with Crippen molar-refractivity contribution in [1.82, 2.24) is 4.98 Å². The predicted octanol–water partition coefficient (Wildman–Crippen LogP) is 8.84. The van der Waals surface area contributed by atoms with E-state index < -0.39 is 8.32 Å². The summed E-state index contributed by atoms with van der Waals surface area (Å²) >= 11 is 1.74. The predicted molar refractivity (Wildman–Crippen MR) is 154 cm³/mol. The van der Waals surface area contributed by atoms with Gasteiger partial charge in [-0.3, -0.25) is 0 Å². The van der Waals surface area contributed by atoms with Gasteiger partial charge in [-0.2, -0.15) is 0 Å². The molecule has 0 aliphatic rings. The number of aryl methyl sites for hydroxylation is 1. The first kappa shape index (κ1) is 25.4. The maximum Gasteiger partial charge on any atom is 0.192 e. The van der Waals surface area contributed by atoms with Gasteiger partial charge in [0.05, 0.1) is 16.8 Å². The number of nitrogens with zero attached hydrogens (tertiary/aromatic N) is 1. The van der Waals surface area contributed by atoms with Crippen molar-refractivity contribution in [2.24, 2.45) is 0 Å². The van der Waals surface area contributed by atoms with Gasteiger partial charge in [0.15, 0.2) is 8.32 Å². The number of ether oxygens (including phenoxy) is 1. The average molecular weight is 502 g/mol. The molecule has 0 saturated carbocycles. The Hall–Kier alpha value is -2.73. The first-order chi connectivity index (χ1) is 16.6. The van der Waals surface area contributed by atoms with Crippen molar-refractivity contribution in [3.05, 3.63) is 83.4 Å². The highest BCUT2D eigenvalue weighted by Gasteiger charge is 2.36. The van der Waals surface area contributed by atoms with E-state index in [1.165, 1.54) is 10.3 Å². The van der Waals surface area contributed by atoms with Crippen LogP contribution in [0.1, 0.15) is 37.5 Å². The number of rotatable bonds is 8. The quantitative estimate of drug-likeness (QED) is 0.137. The molecule has 4 aromatic rings. The minimum Gasteiger partial charge on any atom is -0.491 e. The molecule has 182 valence electrons. The monoisotopic (exact) mass is 501 g/mol. The van der Waals surface area contributed by atoms with Gasteiger partial charge in [0.1, 0.15) is 17.4 Å². The zero-order valence-corrected chi connectivity index (χ0v) is 23.4. The van der Waals surface area contributed by atoms with E-state index in [4.69, 9.17) is 14.1 Å². The Morgan fingerprint density at radius 1 is 0.857 bits per heavy atom. The van der Waals surface area contributed by atoms with E-state index in [2.05, 4.69) is 108 Å². The lowest BCUT2D eigenvalue weighted by Gasteiger charge is -2.36. The molecule has 4 rings (SSSR count). The summed E-state index contributed by atoms with van der Waals surface area (Å²) in [6.07, 6.45) is 4.26. The van der Waals surface area contributed by atoms with Crippen molar-refractivity contribution < 1.29 is 9.16 Å². The van der Waals surface area contributed by atoms with Crippen LogP contribution in [0.4, 0.5) is 0 Å². The van der Waals surface area contributed by atoms with Crippen molar-refractivity contribution in [2.45, 2.75) is 45.8 Å². The maximum absolute atomic E-state index is 6.18. The van der Waals surface area contributed by atoms with Crippen LogP contribution < -0.4 is 4.74 Å². The molecule has 3 aromatic carbocycles. The summed E-state index contributed by atoms with van der Waals surface area (Å²) in [6.45, 7) is 14.6. The fourth-order valence-electron chi connectivity index (χ4n) is 3.43. The van der Waals surface area contributed by atoms with Crippen molar-refractivity contribution >= 4 is 42.0 Å². The van der Waals surface area contributed by atoms with Crippen LogP contribution in [-0.4, -0.2) is 26.5 Å². The Kier molecular flexibility index (Phi) is 7.60. The SMILES string of the molecule is Cc1ccc2nc(-c3ccc(/C=C/c4ccc(OCCO[Si](C)(C)C(C)(C)C)cc4)cc3)sc2c1. The van der Waals surface area contributed by atoms with E-state index in [-0.39, 0.29) is 5.04 Å². The highest BCUT2D eigenvalue weighted by atomic mass is 32.1. The minimum absolute atomic E-state index is 0.218. The second-order valence-corrected chi connectivity index (χ2v) is 16.3. The normalized spacial score (nSPS) is 12.5. The minimum atomic E-state index is -1.72. The van der Waals surface area contributed by atoms with Crippen LogP contribution in [0.5, 0.6) is 5.75 Å². The van der Waals surface area contributed by atoms with Gasteiger partial charge in [0, 0.05) is 5.56 Å².